The standard InChI is InChI=1S/C17H24N2O4S/c1-2-24(21,22)19-10-7-13(8-11-19)17(20)18-15-9-12-23-16-6-4-3-5-14(15)16/h3-6,13,15H,2,7-12H2,1H3,(H,18,20)/t15-/m0/s1. The lowest BCUT2D eigenvalue weighted by Gasteiger charge is -2.32. The van der Waals surface area contributed by atoms with E-state index in [1.54, 1.807) is 6.92 Å². The molecule has 0 aliphatic carbocycles. The minimum Gasteiger partial charge on any atom is -0.493 e. The molecule has 0 saturated carbocycles. The fraction of sp³-hybridized carbons (Fsp3) is 0.588. The molecule has 132 valence electrons. The van der Waals surface area contributed by atoms with Crippen molar-refractivity contribution in [3.63, 3.8) is 0 Å². The van der Waals surface area contributed by atoms with Gasteiger partial charge in [-0.05, 0) is 25.8 Å². The Bertz CT molecular complexity index is 696. The number of sulfonamides is 1. The molecule has 2 aliphatic rings. The molecule has 0 bridgehead atoms. The van der Waals surface area contributed by atoms with Crippen LogP contribution in [0, 0.1) is 5.92 Å². The highest BCUT2D eigenvalue weighted by Gasteiger charge is 2.32. The zero-order valence-corrected chi connectivity index (χ0v) is 14.7. The molecule has 0 unspecified atom stereocenters. The molecule has 0 aromatic heterocycles. The number of ether oxygens (including phenoxy) is 1. The Balaban J connectivity index is 1.60. The summed E-state index contributed by atoms with van der Waals surface area (Å²) in [7, 11) is -3.15. The summed E-state index contributed by atoms with van der Waals surface area (Å²) in [5.41, 5.74) is 1.02. The summed E-state index contributed by atoms with van der Waals surface area (Å²) in [6, 6.07) is 7.74. The highest BCUT2D eigenvalue weighted by atomic mass is 32.2. The molecule has 1 atom stereocenters. The van der Waals surface area contributed by atoms with Crippen molar-refractivity contribution in [3.05, 3.63) is 29.8 Å². The number of carbonyl (C=O) groups is 1. The normalized spacial score (nSPS) is 22.5. The van der Waals surface area contributed by atoms with Crippen molar-refractivity contribution in [2.24, 2.45) is 5.92 Å². The second kappa shape index (κ2) is 7.11. The van der Waals surface area contributed by atoms with Crippen LogP contribution in [0.3, 0.4) is 0 Å². The van der Waals surface area contributed by atoms with E-state index in [2.05, 4.69) is 5.32 Å². The molecule has 6 nitrogen and oxygen atoms in total. The van der Waals surface area contributed by atoms with Gasteiger partial charge in [0.15, 0.2) is 0 Å². The Morgan fingerprint density at radius 2 is 1.96 bits per heavy atom. The summed E-state index contributed by atoms with van der Waals surface area (Å²) >= 11 is 0. The molecule has 2 aliphatic heterocycles. The number of hydrogen-bond donors (Lipinski definition) is 1. The van der Waals surface area contributed by atoms with Gasteiger partial charge in [-0.15, -0.1) is 0 Å². The van der Waals surface area contributed by atoms with Crippen molar-refractivity contribution in [2.75, 3.05) is 25.4 Å². The number of carbonyl (C=O) groups excluding carboxylic acids is 1. The van der Waals surface area contributed by atoms with Gasteiger partial charge in [-0.3, -0.25) is 4.79 Å². The number of rotatable bonds is 4. The number of benzene rings is 1. The predicted octanol–water partition coefficient (Wildman–Crippen LogP) is 1.69. The van der Waals surface area contributed by atoms with Gasteiger partial charge in [-0.2, -0.15) is 0 Å². The van der Waals surface area contributed by atoms with Crippen LogP contribution < -0.4 is 10.1 Å². The van der Waals surface area contributed by atoms with Crippen molar-refractivity contribution in [1.29, 1.82) is 0 Å². The first kappa shape index (κ1) is 17.2. The van der Waals surface area contributed by atoms with Crippen molar-refractivity contribution in [3.8, 4) is 5.75 Å². The number of amides is 1. The molecule has 2 heterocycles. The van der Waals surface area contributed by atoms with Gasteiger partial charge in [0.25, 0.3) is 0 Å². The zero-order chi connectivity index (χ0) is 17.2. The van der Waals surface area contributed by atoms with Crippen LogP contribution in [0.25, 0.3) is 0 Å². The first-order chi connectivity index (χ1) is 11.5. The van der Waals surface area contributed by atoms with Crippen molar-refractivity contribution >= 4 is 15.9 Å². The Kier molecular flexibility index (Phi) is 5.10. The Morgan fingerprint density at radius 3 is 2.67 bits per heavy atom. The third-order valence-electron chi connectivity index (χ3n) is 4.86. The minimum atomic E-state index is -3.15. The molecule has 24 heavy (non-hydrogen) atoms. The number of nitrogens with one attached hydrogen (secondary N) is 1. The number of nitrogens with zero attached hydrogens (tertiary/aromatic N) is 1. The van der Waals surface area contributed by atoms with Crippen LogP contribution in [0.1, 0.15) is 37.8 Å². The average Bonchev–Trinajstić information content (AvgIpc) is 2.62. The monoisotopic (exact) mass is 352 g/mol. The highest BCUT2D eigenvalue weighted by molar-refractivity contribution is 7.89. The van der Waals surface area contributed by atoms with Crippen molar-refractivity contribution < 1.29 is 17.9 Å². The van der Waals surface area contributed by atoms with Gasteiger partial charge in [0.05, 0.1) is 18.4 Å². The van der Waals surface area contributed by atoms with Crippen LogP contribution in [-0.2, 0) is 14.8 Å². The number of para-hydroxylation sites is 1. The van der Waals surface area contributed by atoms with E-state index in [1.807, 2.05) is 24.3 Å². The first-order valence-corrected chi connectivity index (χ1v) is 10.1. The molecule has 0 spiro atoms. The molecule has 1 N–H and O–H groups in total. The molecular weight excluding hydrogens is 328 g/mol. The molecule has 0 radical (unpaired) electrons. The smallest absolute Gasteiger partial charge is 0.223 e. The van der Waals surface area contributed by atoms with Gasteiger partial charge in [-0.25, -0.2) is 12.7 Å². The third kappa shape index (κ3) is 3.57. The number of hydrogen-bond acceptors (Lipinski definition) is 4. The maximum Gasteiger partial charge on any atom is 0.223 e. The van der Waals surface area contributed by atoms with E-state index < -0.39 is 10.0 Å². The third-order valence-corrected chi connectivity index (χ3v) is 6.74. The lowest BCUT2D eigenvalue weighted by atomic mass is 9.95. The van der Waals surface area contributed by atoms with Gasteiger partial charge in [0.1, 0.15) is 5.75 Å². The predicted molar refractivity (Wildman–Crippen MR) is 91.2 cm³/mol. The van der Waals surface area contributed by atoms with Crippen molar-refractivity contribution in [2.45, 2.75) is 32.2 Å². The molecule has 1 aromatic carbocycles. The van der Waals surface area contributed by atoms with E-state index in [4.69, 9.17) is 4.74 Å². The zero-order valence-electron chi connectivity index (χ0n) is 13.9. The van der Waals surface area contributed by atoms with Crippen LogP contribution in [0.2, 0.25) is 0 Å². The van der Waals surface area contributed by atoms with E-state index in [-0.39, 0.29) is 23.6 Å². The van der Waals surface area contributed by atoms with Crippen LogP contribution in [0.5, 0.6) is 5.75 Å². The highest BCUT2D eigenvalue weighted by Crippen LogP contribution is 2.32. The van der Waals surface area contributed by atoms with E-state index in [9.17, 15) is 13.2 Å². The molecule has 1 aromatic rings. The van der Waals surface area contributed by atoms with Crippen LogP contribution in [0.4, 0.5) is 0 Å². The topological polar surface area (TPSA) is 75.7 Å². The molecule has 3 rings (SSSR count). The fourth-order valence-electron chi connectivity index (χ4n) is 3.36. The average molecular weight is 352 g/mol. The molecule has 1 amide bonds. The largest absolute Gasteiger partial charge is 0.493 e. The Hall–Kier alpha value is -1.60. The minimum absolute atomic E-state index is 0.0187. The molecule has 1 fully saturated rings. The van der Waals surface area contributed by atoms with Crippen molar-refractivity contribution in [1.82, 2.24) is 9.62 Å². The van der Waals surface area contributed by atoms with E-state index in [0.717, 1.165) is 17.7 Å². The van der Waals surface area contributed by atoms with Crippen LogP contribution >= 0.6 is 0 Å². The lowest BCUT2D eigenvalue weighted by Crippen LogP contribution is -2.44. The number of fused-ring (bicyclic) bond motifs is 1. The Morgan fingerprint density at radius 1 is 1.25 bits per heavy atom. The first-order valence-electron chi connectivity index (χ1n) is 8.51. The summed E-state index contributed by atoms with van der Waals surface area (Å²) in [5, 5.41) is 3.13. The summed E-state index contributed by atoms with van der Waals surface area (Å²) in [6.07, 6.45) is 1.91. The molecule has 7 heteroatoms. The van der Waals surface area contributed by atoms with Gasteiger partial charge >= 0.3 is 0 Å². The van der Waals surface area contributed by atoms with E-state index in [1.165, 1.54) is 4.31 Å². The summed E-state index contributed by atoms with van der Waals surface area (Å²) in [6.45, 7) is 3.10. The summed E-state index contributed by atoms with van der Waals surface area (Å²) in [5.74, 6) is 0.842. The van der Waals surface area contributed by atoms with Gasteiger partial charge < -0.3 is 10.1 Å². The quantitative estimate of drug-likeness (QED) is 0.895. The maximum absolute atomic E-state index is 12.6. The molecular formula is C17H24N2O4S. The van der Waals surface area contributed by atoms with Gasteiger partial charge in [0.2, 0.25) is 15.9 Å². The van der Waals surface area contributed by atoms with E-state index >= 15 is 0 Å². The molecule has 1 saturated heterocycles. The van der Waals surface area contributed by atoms with E-state index in [0.29, 0.717) is 32.5 Å². The van der Waals surface area contributed by atoms with Crippen LogP contribution in [0.15, 0.2) is 24.3 Å². The number of piperidine rings is 1. The second-order valence-electron chi connectivity index (χ2n) is 6.31. The van der Waals surface area contributed by atoms with Gasteiger partial charge in [-0.1, -0.05) is 18.2 Å². The van der Waals surface area contributed by atoms with Gasteiger partial charge in [0, 0.05) is 31.0 Å². The fourth-order valence-corrected chi connectivity index (χ4v) is 4.49. The maximum atomic E-state index is 12.6. The second-order valence-corrected chi connectivity index (χ2v) is 8.57. The van der Waals surface area contributed by atoms with Crippen LogP contribution in [-0.4, -0.2) is 44.1 Å². The summed E-state index contributed by atoms with van der Waals surface area (Å²) < 4.78 is 30.9. The SMILES string of the molecule is CCS(=O)(=O)N1CCC(C(=O)N[C@H]2CCOc3ccccc32)CC1. The summed E-state index contributed by atoms with van der Waals surface area (Å²) in [4.78, 5) is 12.6. The Labute approximate surface area is 143 Å². The lowest BCUT2D eigenvalue weighted by molar-refractivity contribution is -0.127.